The van der Waals surface area contributed by atoms with Crippen LogP contribution in [0.25, 0.3) is 10.9 Å². The maximum atomic E-state index is 6.67. The Morgan fingerprint density at radius 1 is 0.897 bits per heavy atom. The number of rotatable bonds is 7. The van der Waals surface area contributed by atoms with Gasteiger partial charge in [0, 0.05) is 43.9 Å². The van der Waals surface area contributed by atoms with Gasteiger partial charge in [0.05, 0.1) is 18.0 Å². The van der Waals surface area contributed by atoms with Gasteiger partial charge in [-0.05, 0) is 69.1 Å². The van der Waals surface area contributed by atoms with Crippen molar-refractivity contribution >= 4 is 36.7 Å². The molecular formula is C30H44N6O2Si. The number of piperazine rings is 1. The predicted octanol–water partition coefficient (Wildman–Crippen LogP) is 6.23. The molecule has 1 saturated heterocycles. The number of anilines is 3. The molecule has 3 aromatic rings. The quantitative estimate of drug-likeness (QED) is 0.348. The fourth-order valence-corrected chi connectivity index (χ4v) is 6.47. The lowest BCUT2D eigenvalue weighted by Crippen LogP contribution is -2.45. The lowest BCUT2D eigenvalue weighted by Gasteiger charge is -2.41. The summed E-state index contributed by atoms with van der Waals surface area (Å²) >= 11 is 0. The Morgan fingerprint density at radius 3 is 2.28 bits per heavy atom. The van der Waals surface area contributed by atoms with Crippen LogP contribution in [0, 0.1) is 0 Å². The first-order chi connectivity index (χ1) is 18.6. The summed E-state index contributed by atoms with van der Waals surface area (Å²) in [6.07, 6.45) is 8.36. The molecule has 210 valence electrons. The summed E-state index contributed by atoms with van der Waals surface area (Å²) in [4.78, 5) is 18.7. The Kier molecular flexibility index (Phi) is 8.12. The van der Waals surface area contributed by atoms with E-state index in [1.807, 2.05) is 36.7 Å². The number of likely N-dealkylation sites (N-methyl/N-ethyl adjacent to an activating group) is 1. The molecule has 0 bridgehead atoms. The topological polar surface area (TPSA) is 75.6 Å². The van der Waals surface area contributed by atoms with E-state index < -0.39 is 8.32 Å². The summed E-state index contributed by atoms with van der Waals surface area (Å²) in [6.45, 7) is 15.8. The maximum absolute atomic E-state index is 6.67. The van der Waals surface area contributed by atoms with Gasteiger partial charge >= 0.3 is 0 Å². The van der Waals surface area contributed by atoms with Gasteiger partial charge < -0.3 is 24.3 Å². The van der Waals surface area contributed by atoms with Crippen LogP contribution in [0.1, 0.15) is 46.5 Å². The highest BCUT2D eigenvalue weighted by Crippen LogP contribution is 2.39. The van der Waals surface area contributed by atoms with Crippen molar-refractivity contribution in [3.63, 3.8) is 0 Å². The van der Waals surface area contributed by atoms with Crippen LogP contribution in [0.5, 0.6) is 5.75 Å². The number of ether oxygens (including phenoxy) is 1. The highest BCUT2D eigenvalue weighted by Gasteiger charge is 2.40. The first kappa shape index (κ1) is 27.8. The number of para-hydroxylation sites is 1. The number of fused-ring (bicyclic) bond motifs is 1. The Balaban J connectivity index is 1.22. The van der Waals surface area contributed by atoms with Gasteiger partial charge in [-0.25, -0.2) is 15.0 Å². The molecule has 3 heterocycles. The highest BCUT2D eigenvalue weighted by atomic mass is 28.4. The van der Waals surface area contributed by atoms with Crippen LogP contribution >= 0.6 is 0 Å². The van der Waals surface area contributed by atoms with E-state index >= 15 is 0 Å². The number of nitrogens with one attached hydrogen (secondary N) is 1. The molecule has 39 heavy (non-hydrogen) atoms. The molecule has 8 nitrogen and oxygen atoms in total. The summed E-state index contributed by atoms with van der Waals surface area (Å²) in [5, 5.41) is 4.47. The summed E-state index contributed by atoms with van der Waals surface area (Å²) in [7, 11) is 0.414. The molecular weight excluding hydrogens is 504 g/mol. The summed E-state index contributed by atoms with van der Waals surface area (Å²) in [5.74, 6) is 2.06. The number of hydrogen-bond acceptors (Lipinski definition) is 8. The van der Waals surface area contributed by atoms with E-state index in [2.05, 4.69) is 72.1 Å². The van der Waals surface area contributed by atoms with Crippen LogP contribution in [0.3, 0.4) is 0 Å². The van der Waals surface area contributed by atoms with E-state index in [9.17, 15) is 0 Å². The first-order valence-electron chi connectivity index (χ1n) is 14.3. The van der Waals surface area contributed by atoms with Gasteiger partial charge in [-0.15, -0.1) is 0 Å². The number of nitrogens with zero attached hydrogens (tertiary/aromatic N) is 5. The lowest BCUT2D eigenvalue weighted by atomic mass is 9.95. The van der Waals surface area contributed by atoms with Crippen LogP contribution in [0.2, 0.25) is 18.1 Å². The molecule has 1 aliphatic carbocycles. The molecule has 0 spiro atoms. The van der Waals surface area contributed by atoms with Crippen LogP contribution in [0.4, 0.5) is 17.5 Å². The first-order valence-corrected chi connectivity index (χ1v) is 17.2. The van der Waals surface area contributed by atoms with Crippen LogP contribution < -0.4 is 15.0 Å². The Bertz CT molecular complexity index is 1250. The van der Waals surface area contributed by atoms with Gasteiger partial charge in [0.25, 0.3) is 0 Å². The van der Waals surface area contributed by atoms with E-state index in [4.69, 9.17) is 14.1 Å². The molecule has 1 aromatic carbocycles. The molecule has 0 atom stereocenters. The zero-order chi connectivity index (χ0) is 27.6. The van der Waals surface area contributed by atoms with Crippen molar-refractivity contribution in [2.75, 3.05) is 43.4 Å². The van der Waals surface area contributed by atoms with Crippen molar-refractivity contribution < 1.29 is 9.16 Å². The molecule has 0 amide bonds. The molecule has 1 aliphatic heterocycles. The van der Waals surface area contributed by atoms with Gasteiger partial charge in [0.15, 0.2) is 8.32 Å². The zero-order valence-electron chi connectivity index (χ0n) is 24.4. The second kappa shape index (κ2) is 11.4. The second-order valence-corrected chi connectivity index (χ2v) is 17.4. The fourth-order valence-electron chi connectivity index (χ4n) is 5.05. The Labute approximate surface area is 234 Å². The molecule has 9 heteroatoms. The third-order valence-corrected chi connectivity index (χ3v) is 13.1. The largest absolute Gasteiger partial charge is 0.488 e. The molecule has 0 radical (unpaired) electrons. The third kappa shape index (κ3) is 6.70. The number of aromatic nitrogens is 3. The third-order valence-electron chi connectivity index (χ3n) is 8.61. The zero-order valence-corrected chi connectivity index (χ0v) is 25.4. The van der Waals surface area contributed by atoms with Crippen LogP contribution in [-0.4, -0.2) is 73.6 Å². The minimum atomic E-state index is -1.75. The van der Waals surface area contributed by atoms with Gasteiger partial charge in [-0.3, -0.25) is 0 Å². The number of hydrogen-bond donors (Lipinski definition) is 1. The average Bonchev–Trinajstić information content (AvgIpc) is 2.90. The molecule has 1 saturated carbocycles. The van der Waals surface area contributed by atoms with E-state index in [-0.39, 0.29) is 11.1 Å². The van der Waals surface area contributed by atoms with Gasteiger partial charge in [-0.1, -0.05) is 32.9 Å². The fraction of sp³-hybridized carbons (Fsp3) is 0.567. The van der Waals surface area contributed by atoms with E-state index in [0.717, 1.165) is 80.0 Å². The Hall–Kier alpha value is -2.75. The van der Waals surface area contributed by atoms with Crippen molar-refractivity contribution in [2.24, 2.45) is 0 Å². The van der Waals surface area contributed by atoms with Crippen LogP contribution in [0.15, 0.2) is 42.7 Å². The maximum Gasteiger partial charge on any atom is 0.229 e. The molecule has 0 unspecified atom stereocenters. The number of benzene rings is 1. The van der Waals surface area contributed by atoms with Crippen molar-refractivity contribution in [3.8, 4) is 5.75 Å². The Morgan fingerprint density at radius 2 is 1.62 bits per heavy atom. The molecule has 2 aromatic heterocycles. The van der Waals surface area contributed by atoms with Crippen molar-refractivity contribution in [3.05, 3.63) is 42.7 Å². The summed E-state index contributed by atoms with van der Waals surface area (Å²) in [6, 6.07) is 10.2. The molecule has 2 fully saturated rings. The number of pyridine rings is 1. The normalized spacial score (nSPS) is 21.2. The standard InChI is InChI=1S/C30H44N6O2Si/c1-30(2,3)39(5,6)38-25-13-11-24(12-14-25)37-26-9-7-8-22-20-32-29(34-28(22)26)33-27-15-10-23(21-31-27)36-18-16-35(4)17-19-36/h7-10,15,20-21,24-25H,11-14,16-19H2,1-6H3,(H,31,32,33,34). The summed E-state index contributed by atoms with van der Waals surface area (Å²) in [5.41, 5.74) is 1.97. The van der Waals surface area contributed by atoms with E-state index in [1.165, 1.54) is 0 Å². The molecule has 1 N–H and O–H groups in total. The SMILES string of the molecule is CN1CCN(c2ccc(Nc3ncc4cccc(OC5CCC(O[Si](C)(C)C(C)(C)C)CC5)c4n3)nc2)CC1. The second-order valence-electron chi connectivity index (χ2n) is 12.6. The van der Waals surface area contributed by atoms with Gasteiger partial charge in [0.2, 0.25) is 5.95 Å². The minimum absolute atomic E-state index is 0.171. The minimum Gasteiger partial charge on any atom is -0.488 e. The molecule has 5 rings (SSSR count). The van der Waals surface area contributed by atoms with Crippen molar-refractivity contribution in [1.82, 2.24) is 19.9 Å². The van der Waals surface area contributed by atoms with E-state index in [0.29, 0.717) is 12.1 Å². The van der Waals surface area contributed by atoms with Crippen LogP contribution in [-0.2, 0) is 4.43 Å². The monoisotopic (exact) mass is 548 g/mol. The van der Waals surface area contributed by atoms with Crippen molar-refractivity contribution in [2.45, 2.75) is 76.8 Å². The smallest absolute Gasteiger partial charge is 0.229 e. The average molecular weight is 549 g/mol. The van der Waals surface area contributed by atoms with Crippen molar-refractivity contribution in [1.29, 1.82) is 0 Å². The van der Waals surface area contributed by atoms with Gasteiger partial charge in [0.1, 0.15) is 17.1 Å². The predicted molar refractivity (Wildman–Crippen MR) is 162 cm³/mol. The highest BCUT2D eigenvalue weighted by molar-refractivity contribution is 6.74. The lowest BCUT2D eigenvalue weighted by molar-refractivity contribution is 0.0732. The summed E-state index contributed by atoms with van der Waals surface area (Å²) < 4.78 is 13.2. The van der Waals surface area contributed by atoms with E-state index in [1.54, 1.807) is 0 Å². The van der Waals surface area contributed by atoms with Gasteiger partial charge in [-0.2, -0.15) is 0 Å². The molecule has 2 aliphatic rings.